The van der Waals surface area contributed by atoms with Crippen LogP contribution in [0.5, 0.6) is 0 Å². The van der Waals surface area contributed by atoms with E-state index in [1.54, 1.807) is 0 Å². The topological polar surface area (TPSA) is 91.7 Å². The number of hydrazine groups is 1. The molecule has 1 saturated heterocycles. The predicted octanol–water partition coefficient (Wildman–Crippen LogP) is 0.767. The Balaban J connectivity index is 1.39. The van der Waals surface area contributed by atoms with Gasteiger partial charge in [-0.15, -0.1) is 0 Å². The normalized spacial score (nSPS) is 29.3. The molecule has 1 aliphatic carbocycles. The van der Waals surface area contributed by atoms with Crippen LogP contribution < -0.4 is 22.3 Å². The minimum absolute atomic E-state index is 0.319. The van der Waals surface area contributed by atoms with Crippen LogP contribution in [0.15, 0.2) is 29.3 Å². The summed E-state index contributed by atoms with van der Waals surface area (Å²) >= 11 is 0. The molecule has 23 heavy (non-hydrogen) atoms. The number of guanidine groups is 1. The first-order chi connectivity index (χ1) is 11.1. The van der Waals surface area contributed by atoms with Crippen LogP contribution in [0.2, 0.25) is 0 Å². The number of nitrogens with zero attached hydrogens (tertiary/aromatic N) is 2. The molecule has 1 saturated carbocycles. The Labute approximate surface area is 137 Å². The van der Waals surface area contributed by atoms with E-state index in [0.29, 0.717) is 11.9 Å². The van der Waals surface area contributed by atoms with E-state index in [1.807, 2.05) is 0 Å². The summed E-state index contributed by atoms with van der Waals surface area (Å²) in [4.78, 5) is 6.86. The van der Waals surface area contributed by atoms with E-state index < -0.39 is 5.79 Å². The van der Waals surface area contributed by atoms with E-state index in [9.17, 15) is 0 Å². The summed E-state index contributed by atoms with van der Waals surface area (Å²) < 4.78 is 0. The van der Waals surface area contributed by atoms with Crippen molar-refractivity contribution in [2.24, 2.45) is 22.4 Å². The van der Waals surface area contributed by atoms with Crippen LogP contribution in [-0.4, -0.2) is 30.5 Å². The molecule has 124 valence electrons. The van der Waals surface area contributed by atoms with Crippen molar-refractivity contribution < 1.29 is 0 Å². The Bertz CT molecular complexity index is 586. The first-order valence-corrected chi connectivity index (χ1v) is 8.62. The van der Waals surface area contributed by atoms with Gasteiger partial charge in [-0.05, 0) is 56.2 Å². The average molecular weight is 314 g/mol. The monoisotopic (exact) mass is 314 g/mol. The lowest BCUT2D eigenvalue weighted by molar-refractivity contribution is 0.204. The van der Waals surface area contributed by atoms with Crippen LogP contribution >= 0.6 is 0 Å². The Kier molecular flexibility index (Phi) is 3.75. The van der Waals surface area contributed by atoms with Gasteiger partial charge >= 0.3 is 0 Å². The second-order valence-electron chi connectivity index (χ2n) is 7.15. The first-order valence-electron chi connectivity index (χ1n) is 8.62. The molecule has 1 atom stereocenters. The van der Waals surface area contributed by atoms with Crippen molar-refractivity contribution in [2.45, 2.75) is 37.4 Å². The van der Waals surface area contributed by atoms with E-state index in [2.05, 4.69) is 45.0 Å². The van der Waals surface area contributed by atoms with Gasteiger partial charge in [-0.3, -0.25) is 11.2 Å². The van der Waals surface area contributed by atoms with Gasteiger partial charge in [0.2, 0.25) is 11.7 Å². The summed E-state index contributed by atoms with van der Waals surface area (Å²) in [6.45, 7) is 3.78. The molecule has 0 bridgehead atoms. The largest absolute Gasteiger partial charge is 0.369 e. The molecule has 2 heterocycles. The molecule has 2 aliphatic heterocycles. The minimum Gasteiger partial charge on any atom is -0.369 e. The van der Waals surface area contributed by atoms with Crippen LogP contribution in [0.4, 0.5) is 0 Å². The highest BCUT2D eigenvalue weighted by atomic mass is 15.6. The summed E-state index contributed by atoms with van der Waals surface area (Å²) in [7, 11) is 0. The summed E-state index contributed by atoms with van der Waals surface area (Å²) in [5.74, 6) is 1.01. The van der Waals surface area contributed by atoms with E-state index >= 15 is 0 Å². The maximum Gasteiger partial charge on any atom is 0.209 e. The van der Waals surface area contributed by atoms with Crippen molar-refractivity contribution in [3.63, 3.8) is 0 Å². The molecule has 1 aromatic carbocycles. The smallest absolute Gasteiger partial charge is 0.209 e. The molecule has 0 aromatic heterocycles. The van der Waals surface area contributed by atoms with Crippen LogP contribution in [0, 0.1) is 5.92 Å². The number of hydrogen-bond acceptors (Lipinski definition) is 6. The van der Waals surface area contributed by atoms with Gasteiger partial charge in [0.25, 0.3) is 0 Å². The van der Waals surface area contributed by atoms with Crippen molar-refractivity contribution in [3.8, 4) is 0 Å². The summed E-state index contributed by atoms with van der Waals surface area (Å²) in [6.07, 6.45) is 5.39. The Hall–Kier alpha value is -1.63. The third-order valence-electron chi connectivity index (χ3n) is 5.30. The Morgan fingerprint density at radius 1 is 1.13 bits per heavy atom. The van der Waals surface area contributed by atoms with Gasteiger partial charge in [-0.2, -0.15) is 5.43 Å². The van der Waals surface area contributed by atoms with Gasteiger partial charge in [-0.25, -0.2) is 4.99 Å². The third kappa shape index (κ3) is 3.20. The quantitative estimate of drug-likeness (QED) is 0.659. The van der Waals surface area contributed by atoms with Crippen molar-refractivity contribution in [1.29, 1.82) is 0 Å². The van der Waals surface area contributed by atoms with Gasteiger partial charge in [0, 0.05) is 12.1 Å². The van der Waals surface area contributed by atoms with Crippen molar-refractivity contribution >= 4 is 5.96 Å². The summed E-state index contributed by atoms with van der Waals surface area (Å²) in [6, 6.07) is 8.50. The van der Waals surface area contributed by atoms with Gasteiger partial charge in [0.1, 0.15) is 0 Å². The molecule has 6 nitrogen and oxygen atoms in total. The predicted molar refractivity (Wildman–Crippen MR) is 91.3 cm³/mol. The number of nitrogens with one attached hydrogen (secondary N) is 2. The Morgan fingerprint density at radius 3 is 2.39 bits per heavy atom. The average Bonchev–Trinajstić information content (AvgIpc) is 3.31. The zero-order valence-corrected chi connectivity index (χ0v) is 13.5. The van der Waals surface area contributed by atoms with Crippen LogP contribution in [0.25, 0.3) is 0 Å². The second kappa shape index (κ2) is 5.78. The highest BCUT2D eigenvalue weighted by molar-refractivity contribution is 5.79. The summed E-state index contributed by atoms with van der Waals surface area (Å²) in [5.41, 5.74) is 19.9. The minimum atomic E-state index is -0.962. The molecule has 1 aromatic rings. The molecule has 0 spiro atoms. The molecular formula is C17H26N6. The fraction of sp³-hybridized carbons (Fsp3) is 0.588. The number of hydrogen-bond donors (Lipinski definition) is 4. The van der Waals surface area contributed by atoms with Gasteiger partial charge in [-0.1, -0.05) is 24.3 Å². The molecule has 0 radical (unpaired) electrons. The van der Waals surface area contributed by atoms with Crippen molar-refractivity contribution in [3.05, 3.63) is 35.4 Å². The number of piperidine rings is 1. The summed E-state index contributed by atoms with van der Waals surface area (Å²) in [5, 5.41) is 0. The number of benzene rings is 1. The van der Waals surface area contributed by atoms with Crippen molar-refractivity contribution in [1.82, 2.24) is 15.8 Å². The Morgan fingerprint density at radius 2 is 1.83 bits per heavy atom. The van der Waals surface area contributed by atoms with E-state index in [-0.39, 0.29) is 0 Å². The number of rotatable bonds is 4. The van der Waals surface area contributed by atoms with Crippen LogP contribution in [-0.2, 0) is 5.79 Å². The third-order valence-corrected chi connectivity index (χ3v) is 5.30. The zero-order chi connectivity index (χ0) is 15.9. The fourth-order valence-corrected chi connectivity index (χ4v) is 3.67. The second-order valence-corrected chi connectivity index (χ2v) is 7.15. The standard InChI is InChI=1S/C17H26N6/c18-16-20-17(19,22-21-16)15-5-3-13(4-6-15)14-7-9-23(10-8-14)11-12-1-2-12/h3-6,12,14,22H,1-2,7-11,19H2,(H3,18,20,21). The van der Waals surface area contributed by atoms with Crippen LogP contribution in [0.1, 0.15) is 42.7 Å². The number of nitrogens with two attached hydrogens (primary N) is 2. The maximum atomic E-state index is 6.22. The molecule has 1 unspecified atom stereocenters. The highest BCUT2D eigenvalue weighted by Gasteiger charge is 2.32. The van der Waals surface area contributed by atoms with Crippen molar-refractivity contribution in [2.75, 3.05) is 19.6 Å². The van der Waals surface area contributed by atoms with Gasteiger partial charge in [0.15, 0.2) is 0 Å². The van der Waals surface area contributed by atoms with Gasteiger partial charge in [0.05, 0.1) is 0 Å². The lowest BCUT2D eigenvalue weighted by atomic mass is 9.88. The SMILES string of the molecule is NC1=NC(N)(c2ccc(C3CCN(CC4CC4)CC3)cc2)NN1. The first kappa shape index (κ1) is 14.9. The molecule has 3 aliphatic rings. The maximum absolute atomic E-state index is 6.22. The molecular weight excluding hydrogens is 288 g/mol. The molecule has 0 amide bonds. The fourth-order valence-electron chi connectivity index (χ4n) is 3.67. The number of likely N-dealkylation sites (tertiary alicyclic amines) is 1. The van der Waals surface area contributed by atoms with Crippen LogP contribution in [0.3, 0.4) is 0 Å². The van der Waals surface area contributed by atoms with E-state index in [1.165, 1.54) is 50.9 Å². The zero-order valence-electron chi connectivity index (χ0n) is 13.5. The highest BCUT2D eigenvalue weighted by Crippen LogP contribution is 2.33. The van der Waals surface area contributed by atoms with E-state index in [4.69, 9.17) is 11.5 Å². The molecule has 6 N–H and O–H groups in total. The van der Waals surface area contributed by atoms with Gasteiger partial charge < -0.3 is 10.6 Å². The lowest BCUT2D eigenvalue weighted by Crippen LogP contribution is -2.50. The number of aliphatic imine (C=N–C) groups is 1. The molecule has 4 rings (SSSR count). The molecule has 6 heteroatoms. The lowest BCUT2D eigenvalue weighted by Gasteiger charge is -2.32. The molecule has 2 fully saturated rings. The van der Waals surface area contributed by atoms with E-state index in [0.717, 1.165) is 11.5 Å².